The molecule has 0 radical (unpaired) electrons. The molecule has 24 heavy (non-hydrogen) atoms. The standard InChI is InChI=1S/C17H23NO6/c1-10-4-3-5-11(8-10)6-7-13(20)18-14-16(22)15(21)12(9-19)24-17(14)23-2/h3-8,12,14-17,19,21-22H,9H2,1-2H3,(H,18,20)/b7-6+. The molecular formula is C17H23NO6. The van der Waals surface area contributed by atoms with Gasteiger partial charge in [0.1, 0.15) is 24.4 Å². The number of rotatable bonds is 5. The van der Waals surface area contributed by atoms with Gasteiger partial charge in [-0.3, -0.25) is 4.79 Å². The molecule has 132 valence electrons. The second kappa shape index (κ2) is 8.36. The lowest BCUT2D eigenvalue weighted by atomic mass is 9.97. The number of hydrogen-bond donors (Lipinski definition) is 4. The van der Waals surface area contributed by atoms with E-state index in [0.717, 1.165) is 11.1 Å². The van der Waals surface area contributed by atoms with Gasteiger partial charge in [-0.25, -0.2) is 0 Å². The molecule has 5 atom stereocenters. The topological polar surface area (TPSA) is 108 Å². The maximum Gasteiger partial charge on any atom is 0.244 e. The minimum Gasteiger partial charge on any atom is -0.394 e. The Morgan fingerprint density at radius 3 is 2.75 bits per heavy atom. The van der Waals surface area contributed by atoms with Crippen LogP contribution in [-0.2, 0) is 14.3 Å². The number of aryl methyl sites for hydroxylation is 1. The Morgan fingerprint density at radius 1 is 1.38 bits per heavy atom. The first-order chi connectivity index (χ1) is 11.5. The van der Waals surface area contributed by atoms with Crippen LogP contribution in [-0.4, -0.2) is 65.6 Å². The van der Waals surface area contributed by atoms with Gasteiger partial charge in [0.05, 0.1) is 6.61 Å². The molecule has 1 aliphatic heterocycles. The number of carbonyl (C=O) groups is 1. The normalized spacial score (nSPS) is 30.5. The molecule has 7 heteroatoms. The average molecular weight is 337 g/mol. The Kier molecular flexibility index (Phi) is 6.47. The third kappa shape index (κ3) is 4.40. The molecule has 1 aromatic rings. The van der Waals surface area contributed by atoms with E-state index in [4.69, 9.17) is 14.6 Å². The fourth-order valence-electron chi connectivity index (χ4n) is 2.60. The zero-order valence-electron chi connectivity index (χ0n) is 13.6. The molecule has 5 unspecified atom stereocenters. The van der Waals surface area contributed by atoms with Gasteiger partial charge in [0.15, 0.2) is 6.29 Å². The van der Waals surface area contributed by atoms with Crippen LogP contribution in [0, 0.1) is 6.92 Å². The molecule has 1 aliphatic rings. The van der Waals surface area contributed by atoms with Gasteiger partial charge in [-0.2, -0.15) is 0 Å². The molecule has 0 aliphatic carbocycles. The van der Waals surface area contributed by atoms with Crippen LogP contribution in [0.3, 0.4) is 0 Å². The zero-order valence-corrected chi connectivity index (χ0v) is 13.6. The number of methoxy groups -OCH3 is 1. The maximum absolute atomic E-state index is 12.1. The molecular weight excluding hydrogens is 314 g/mol. The smallest absolute Gasteiger partial charge is 0.244 e. The third-order valence-corrected chi connectivity index (χ3v) is 3.89. The summed E-state index contributed by atoms with van der Waals surface area (Å²) < 4.78 is 10.4. The number of carbonyl (C=O) groups excluding carboxylic acids is 1. The Labute approximate surface area is 140 Å². The van der Waals surface area contributed by atoms with Crippen molar-refractivity contribution in [2.75, 3.05) is 13.7 Å². The van der Waals surface area contributed by atoms with Gasteiger partial charge >= 0.3 is 0 Å². The minimum atomic E-state index is -1.33. The highest BCUT2D eigenvalue weighted by Gasteiger charge is 2.44. The second-order valence-electron chi connectivity index (χ2n) is 5.72. The van der Waals surface area contributed by atoms with Gasteiger partial charge in [0.2, 0.25) is 5.91 Å². The predicted molar refractivity (Wildman–Crippen MR) is 86.9 cm³/mol. The molecule has 2 rings (SSSR count). The molecule has 1 saturated heterocycles. The first-order valence-electron chi connectivity index (χ1n) is 7.66. The highest BCUT2D eigenvalue weighted by atomic mass is 16.7. The minimum absolute atomic E-state index is 0.458. The molecule has 0 spiro atoms. The number of nitrogens with one attached hydrogen (secondary N) is 1. The number of aliphatic hydroxyl groups excluding tert-OH is 3. The second-order valence-corrected chi connectivity index (χ2v) is 5.72. The van der Waals surface area contributed by atoms with Gasteiger partial charge in [0, 0.05) is 13.2 Å². The lowest BCUT2D eigenvalue weighted by molar-refractivity contribution is -0.262. The average Bonchev–Trinajstić information content (AvgIpc) is 2.57. The molecule has 0 saturated carbocycles. The van der Waals surface area contributed by atoms with E-state index in [1.807, 2.05) is 31.2 Å². The fraction of sp³-hybridized carbons (Fsp3) is 0.471. The third-order valence-electron chi connectivity index (χ3n) is 3.89. The number of hydrogen-bond acceptors (Lipinski definition) is 6. The summed E-state index contributed by atoms with van der Waals surface area (Å²) in [7, 11) is 1.35. The highest BCUT2D eigenvalue weighted by Crippen LogP contribution is 2.21. The SMILES string of the molecule is COC1OC(CO)C(O)C(O)C1NC(=O)/C=C/c1cccc(C)c1. The Hall–Kier alpha value is -1.77. The van der Waals surface area contributed by atoms with Crippen LogP contribution >= 0.6 is 0 Å². The largest absolute Gasteiger partial charge is 0.394 e. The lowest BCUT2D eigenvalue weighted by Gasteiger charge is -2.41. The van der Waals surface area contributed by atoms with Crippen molar-refractivity contribution in [1.29, 1.82) is 0 Å². The quantitative estimate of drug-likeness (QED) is 0.544. The number of benzene rings is 1. The number of aliphatic hydroxyl groups is 3. The van der Waals surface area contributed by atoms with Crippen LogP contribution in [0.4, 0.5) is 0 Å². The molecule has 7 nitrogen and oxygen atoms in total. The summed E-state index contributed by atoms with van der Waals surface area (Å²) in [6.45, 7) is 1.49. The Morgan fingerprint density at radius 2 is 2.12 bits per heavy atom. The summed E-state index contributed by atoms with van der Waals surface area (Å²) in [5.74, 6) is -0.458. The van der Waals surface area contributed by atoms with Crippen molar-refractivity contribution in [2.45, 2.75) is 37.6 Å². The van der Waals surface area contributed by atoms with Crippen molar-refractivity contribution in [3.05, 3.63) is 41.5 Å². The van der Waals surface area contributed by atoms with E-state index in [1.165, 1.54) is 13.2 Å². The van der Waals surface area contributed by atoms with Crippen LogP contribution in [0.2, 0.25) is 0 Å². The van der Waals surface area contributed by atoms with Crippen LogP contribution in [0.15, 0.2) is 30.3 Å². The van der Waals surface area contributed by atoms with E-state index < -0.39 is 43.2 Å². The molecule has 0 aromatic heterocycles. The lowest BCUT2D eigenvalue weighted by Crippen LogP contribution is -2.64. The number of amides is 1. The summed E-state index contributed by atoms with van der Waals surface area (Å²) >= 11 is 0. The Balaban J connectivity index is 2.03. The van der Waals surface area contributed by atoms with E-state index in [1.54, 1.807) is 6.08 Å². The van der Waals surface area contributed by atoms with Crippen LogP contribution in [0.25, 0.3) is 6.08 Å². The van der Waals surface area contributed by atoms with E-state index in [-0.39, 0.29) is 0 Å². The van der Waals surface area contributed by atoms with Crippen molar-refractivity contribution < 1.29 is 29.6 Å². The molecule has 0 bridgehead atoms. The fourth-order valence-corrected chi connectivity index (χ4v) is 2.60. The van der Waals surface area contributed by atoms with Gasteiger partial charge in [0.25, 0.3) is 0 Å². The Bertz CT molecular complexity index is 588. The van der Waals surface area contributed by atoms with Crippen molar-refractivity contribution in [2.24, 2.45) is 0 Å². The van der Waals surface area contributed by atoms with Crippen LogP contribution < -0.4 is 5.32 Å². The molecule has 1 amide bonds. The maximum atomic E-state index is 12.1. The first-order valence-corrected chi connectivity index (χ1v) is 7.66. The van der Waals surface area contributed by atoms with Gasteiger partial charge in [-0.1, -0.05) is 29.8 Å². The predicted octanol–water partition coefficient (Wildman–Crippen LogP) is -0.422. The number of ether oxygens (including phenoxy) is 2. The first kappa shape index (κ1) is 18.6. The van der Waals surface area contributed by atoms with E-state index in [2.05, 4.69) is 5.32 Å². The molecule has 1 aromatic carbocycles. The molecule has 1 fully saturated rings. The van der Waals surface area contributed by atoms with E-state index >= 15 is 0 Å². The van der Waals surface area contributed by atoms with Crippen molar-refractivity contribution in [1.82, 2.24) is 5.32 Å². The summed E-state index contributed by atoms with van der Waals surface area (Å²) in [5.41, 5.74) is 1.94. The van der Waals surface area contributed by atoms with Gasteiger partial charge in [-0.05, 0) is 18.6 Å². The molecule has 1 heterocycles. The highest BCUT2D eigenvalue weighted by molar-refractivity contribution is 5.92. The van der Waals surface area contributed by atoms with Crippen molar-refractivity contribution in [3.8, 4) is 0 Å². The van der Waals surface area contributed by atoms with Crippen LogP contribution in [0.5, 0.6) is 0 Å². The summed E-state index contributed by atoms with van der Waals surface area (Å²) in [6.07, 6.45) is -1.62. The van der Waals surface area contributed by atoms with Crippen molar-refractivity contribution in [3.63, 3.8) is 0 Å². The molecule has 4 N–H and O–H groups in total. The van der Waals surface area contributed by atoms with E-state index in [9.17, 15) is 15.0 Å². The summed E-state index contributed by atoms with van der Waals surface area (Å²) in [6, 6.07) is 6.67. The summed E-state index contributed by atoms with van der Waals surface area (Å²) in [5, 5.41) is 31.8. The van der Waals surface area contributed by atoms with Gasteiger partial charge in [-0.15, -0.1) is 0 Å². The van der Waals surface area contributed by atoms with E-state index in [0.29, 0.717) is 0 Å². The summed E-state index contributed by atoms with van der Waals surface area (Å²) in [4.78, 5) is 12.1. The van der Waals surface area contributed by atoms with Gasteiger partial charge < -0.3 is 30.1 Å². The van der Waals surface area contributed by atoms with Crippen LogP contribution in [0.1, 0.15) is 11.1 Å². The van der Waals surface area contributed by atoms with Crippen molar-refractivity contribution >= 4 is 12.0 Å². The zero-order chi connectivity index (χ0) is 17.7. The monoisotopic (exact) mass is 337 g/mol.